The molecular formula is C8H10F4O2. The highest BCUT2D eigenvalue weighted by Crippen LogP contribution is 2.30. The molecule has 0 aliphatic carbocycles. The summed E-state index contributed by atoms with van der Waals surface area (Å²) in [6.07, 6.45) is -3.28. The lowest BCUT2D eigenvalue weighted by Gasteiger charge is -2.24. The normalized spacial score (nSPS) is 23.9. The maximum atomic E-state index is 12.6. The van der Waals surface area contributed by atoms with Crippen LogP contribution in [0.1, 0.15) is 12.8 Å². The van der Waals surface area contributed by atoms with Gasteiger partial charge in [-0.15, -0.1) is 0 Å². The van der Waals surface area contributed by atoms with Crippen molar-refractivity contribution in [1.82, 2.24) is 0 Å². The molecule has 0 N–H and O–H groups in total. The molecule has 0 aromatic rings. The van der Waals surface area contributed by atoms with E-state index < -0.39 is 24.0 Å². The molecule has 0 saturated carbocycles. The smallest absolute Gasteiger partial charge is 0.364 e. The van der Waals surface area contributed by atoms with Crippen molar-refractivity contribution in [3.05, 3.63) is 0 Å². The van der Waals surface area contributed by atoms with Crippen LogP contribution in [0.5, 0.6) is 0 Å². The molecule has 1 rings (SSSR count). The summed E-state index contributed by atoms with van der Waals surface area (Å²) in [6, 6.07) is 0. The molecule has 1 unspecified atom stereocenters. The van der Waals surface area contributed by atoms with Gasteiger partial charge in [-0.25, -0.2) is 8.78 Å². The highest BCUT2D eigenvalue weighted by molar-refractivity contribution is 5.88. The van der Waals surface area contributed by atoms with Crippen LogP contribution in [0.3, 0.4) is 0 Å². The Kier molecular flexibility index (Phi) is 3.47. The van der Waals surface area contributed by atoms with Gasteiger partial charge >= 0.3 is 12.3 Å². The predicted molar refractivity (Wildman–Crippen MR) is 39.5 cm³/mol. The van der Waals surface area contributed by atoms with Crippen LogP contribution in [0.25, 0.3) is 0 Å². The van der Waals surface area contributed by atoms with E-state index in [1.54, 1.807) is 0 Å². The van der Waals surface area contributed by atoms with E-state index in [1.165, 1.54) is 0 Å². The van der Waals surface area contributed by atoms with E-state index >= 15 is 0 Å². The van der Waals surface area contributed by atoms with Crippen molar-refractivity contribution in [2.75, 3.05) is 13.2 Å². The van der Waals surface area contributed by atoms with Gasteiger partial charge in [-0.3, -0.25) is 4.79 Å². The first-order valence-electron chi connectivity index (χ1n) is 4.24. The number of alkyl halides is 4. The second kappa shape index (κ2) is 4.25. The van der Waals surface area contributed by atoms with Gasteiger partial charge in [0, 0.05) is 12.5 Å². The molecule has 14 heavy (non-hydrogen) atoms. The van der Waals surface area contributed by atoms with Crippen molar-refractivity contribution in [2.24, 2.45) is 5.92 Å². The van der Waals surface area contributed by atoms with Crippen LogP contribution in [0, 0.1) is 5.92 Å². The van der Waals surface area contributed by atoms with E-state index in [0.29, 0.717) is 13.0 Å². The van der Waals surface area contributed by atoms with Gasteiger partial charge in [0.2, 0.25) is 5.78 Å². The van der Waals surface area contributed by atoms with Gasteiger partial charge in [0.15, 0.2) is 0 Å². The lowest BCUT2D eigenvalue weighted by Crippen LogP contribution is -2.43. The Labute approximate surface area is 78.2 Å². The highest BCUT2D eigenvalue weighted by atomic mass is 19.3. The lowest BCUT2D eigenvalue weighted by atomic mass is 9.94. The fraction of sp³-hybridized carbons (Fsp3) is 0.875. The lowest BCUT2D eigenvalue weighted by molar-refractivity contribution is -0.174. The number of halogens is 4. The average molecular weight is 214 g/mol. The summed E-state index contributed by atoms with van der Waals surface area (Å²) in [7, 11) is 0. The molecule has 0 bridgehead atoms. The number of carbonyl (C=O) groups is 1. The zero-order valence-electron chi connectivity index (χ0n) is 7.31. The molecule has 0 aromatic carbocycles. The maximum Gasteiger partial charge on any atom is 0.364 e. The van der Waals surface area contributed by atoms with Crippen LogP contribution in [-0.2, 0) is 9.53 Å². The van der Waals surface area contributed by atoms with Crippen molar-refractivity contribution in [1.29, 1.82) is 0 Å². The van der Waals surface area contributed by atoms with E-state index in [2.05, 4.69) is 0 Å². The number of hydrogen-bond acceptors (Lipinski definition) is 2. The number of Topliss-reactive ketones (excluding diaryl/α,β-unsaturated/α-hetero) is 1. The molecule has 0 spiro atoms. The number of ether oxygens (including phenoxy) is 1. The van der Waals surface area contributed by atoms with E-state index in [-0.39, 0.29) is 13.0 Å². The van der Waals surface area contributed by atoms with E-state index in [0.717, 1.165) is 0 Å². The first-order chi connectivity index (χ1) is 6.46. The van der Waals surface area contributed by atoms with Crippen LogP contribution >= 0.6 is 0 Å². The largest absolute Gasteiger partial charge is 0.381 e. The third-order valence-electron chi connectivity index (χ3n) is 2.13. The molecular weight excluding hydrogens is 204 g/mol. The number of hydrogen-bond donors (Lipinski definition) is 0. The monoisotopic (exact) mass is 214 g/mol. The second-order valence-corrected chi connectivity index (χ2v) is 3.20. The molecule has 0 amide bonds. The molecule has 0 aromatic heterocycles. The summed E-state index contributed by atoms with van der Waals surface area (Å²) in [6.45, 7) is 0.213. The van der Waals surface area contributed by atoms with Gasteiger partial charge in [0.25, 0.3) is 0 Å². The summed E-state index contributed by atoms with van der Waals surface area (Å²) in [5, 5.41) is 0. The summed E-state index contributed by atoms with van der Waals surface area (Å²) in [5.41, 5.74) is 0. The van der Waals surface area contributed by atoms with Gasteiger partial charge < -0.3 is 4.74 Å². The summed E-state index contributed by atoms with van der Waals surface area (Å²) in [4.78, 5) is 11.0. The standard InChI is InChI=1S/C8H10F4O2/c9-7(10)8(11,12)6(13)5-2-1-3-14-4-5/h5,7H,1-4H2. The van der Waals surface area contributed by atoms with Crippen molar-refractivity contribution >= 4 is 5.78 Å². The summed E-state index contributed by atoms with van der Waals surface area (Å²) < 4.78 is 53.5. The topological polar surface area (TPSA) is 26.3 Å². The van der Waals surface area contributed by atoms with Crippen molar-refractivity contribution < 1.29 is 27.1 Å². The fourth-order valence-electron chi connectivity index (χ4n) is 1.33. The minimum absolute atomic E-state index is 0.179. The molecule has 0 radical (unpaired) electrons. The Bertz CT molecular complexity index is 211. The molecule has 1 aliphatic heterocycles. The number of ketones is 1. The minimum atomic E-state index is -4.54. The van der Waals surface area contributed by atoms with E-state index in [9.17, 15) is 22.4 Å². The van der Waals surface area contributed by atoms with E-state index in [4.69, 9.17) is 4.74 Å². The highest BCUT2D eigenvalue weighted by Gasteiger charge is 2.51. The second-order valence-electron chi connectivity index (χ2n) is 3.20. The van der Waals surface area contributed by atoms with Gasteiger partial charge in [-0.05, 0) is 12.8 Å². The predicted octanol–water partition coefficient (Wildman–Crippen LogP) is 1.88. The Balaban J connectivity index is 2.63. The van der Waals surface area contributed by atoms with Gasteiger partial charge in [0.1, 0.15) is 0 Å². The molecule has 1 saturated heterocycles. The molecule has 6 heteroatoms. The van der Waals surface area contributed by atoms with Crippen LogP contribution in [0.15, 0.2) is 0 Å². The molecule has 82 valence electrons. The molecule has 1 heterocycles. The first-order valence-corrected chi connectivity index (χ1v) is 4.24. The van der Waals surface area contributed by atoms with Gasteiger partial charge in [-0.2, -0.15) is 8.78 Å². The minimum Gasteiger partial charge on any atom is -0.381 e. The summed E-state index contributed by atoms with van der Waals surface area (Å²) >= 11 is 0. The van der Waals surface area contributed by atoms with Crippen LogP contribution < -0.4 is 0 Å². The van der Waals surface area contributed by atoms with Crippen molar-refractivity contribution in [3.8, 4) is 0 Å². The third-order valence-corrected chi connectivity index (χ3v) is 2.13. The maximum absolute atomic E-state index is 12.6. The first kappa shape index (κ1) is 11.4. The number of rotatable bonds is 3. The van der Waals surface area contributed by atoms with Crippen LogP contribution in [0.4, 0.5) is 17.6 Å². The molecule has 1 aliphatic rings. The number of carbonyl (C=O) groups excluding carboxylic acids is 1. The molecule has 1 atom stereocenters. The van der Waals surface area contributed by atoms with Crippen molar-refractivity contribution in [3.63, 3.8) is 0 Å². The Morgan fingerprint density at radius 1 is 1.43 bits per heavy atom. The molecule has 1 fully saturated rings. The van der Waals surface area contributed by atoms with Gasteiger partial charge in [-0.1, -0.05) is 0 Å². The Morgan fingerprint density at radius 3 is 2.50 bits per heavy atom. The summed E-state index contributed by atoms with van der Waals surface area (Å²) in [5.74, 6) is -7.33. The Morgan fingerprint density at radius 2 is 2.07 bits per heavy atom. The quantitative estimate of drug-likeness (QED) is 0.670. The van der Waals surface area contributed by atoms with Crippen molar-refractivity contribution in [2.45, 2.75) is 25.2 Å². The molecule has 2 nitrogen and oxygen atoms in total. The van der Waals surface area contributed by atoms with Crippen LogP contribution in [0.2, 0.25) is 0 Å². The van der Waals surface area contributed by atoms with Crippen LogP contribution in [-0.4, -0.2) is 31.3 Å². The zero-order valence-corrected chi connectivity index (χ0v) is 7.31. The third kappa shape index (κ3) is 2.23. The average Bonchev–Trinajstić information content (AvgIpc) is 2.17. The SMILES string of the molecule is O=C(C1CCCOC1)C(F)(F)C(F)F. The Hall–Kier alpha value is -0.650. The van der Waals surface area contributed by atoms with Gasteiger partial charge in [0.05, 0.1) is 6.61 Å². The van der Waals surface area contributed by atoms with E-state index in [1.807, 2.05) is 0 Å². The zero-order chi connectivity index (χ0) is 10.8. The fourth-order valence-corrected chi connectivity index (χ4v) is 1.33.